The molecule has 0 saturated heterocycles. The van der Waals surface area contributed by atoms with Crippen molar-refractivity contribution in [2.75, 3.05) is 0 Å². The maximum Gasteiger partial charge on any atom is 0.273 e. The molecule has 0 saturated carbocycles. The number of nitro groups is 1. The average Bonchev–Trinajstić information content (AvgIpc) is 2.42. The van der Waals surface area contributed by atoms with E-state index in [2.05, 4.69) is 4.98 Å². The van der Waals surface area contributed by atoms with E-state index in [1.807, 2.05) is 0 Å². The van der Waals surface area contributed by atoms with Crippen LogP contribution in [0, 0.1) is 10.1 Å². The van der Waals surface area contributed by atoms with E-state index in [9.17, 15) is 10.1 Å². The van der Waals surface area contributed by atoms with E-state index in [-0.39, 0.29) is 16.5 Å². The summed E-state index contributed by atoms with van der Waals surface area (Å²) < 4.78 is 5.41. The second kappa shape index (κ2) is 5.64. The van der Waals surface area contributed by atoms with Crippen molar-refractivity contribution >= 4 is 17.3 Å². The topological polar surface area (TPSA) is 91.3 Å². The van der Waals surface area contributed by atoms with Crippen molar-refractivity contribution in [2.45, 2.75) is 6.54 Å². The van der Waals surface area contributed by atoms with Gasteiger partial charge in [-0.05, 0) is 11.6 Å². The first-order valence-corrected chi connectivity index (χ1v) is 5.74. The molecule has 0 radical (unpaired) electrons. The van der Waals surface area contributed by atoms with Crippen molar-refractivity contribution in [3.05, 3.63) is 57.2 Å². The number of nitrogens with two attached hydrogens (primary N) is 1. The monoisotopic (exact) mass is 279 g/mol. The van der Waals surface area contributed by atoms with E-state index in [1.165, 1.54) is 18.2 Å². The van der Waals surface area contributed by atoms with Gasteiger partial charge in [0.15, 0.2) is 5.75 Å². The summed E-state index contributed by atoms with van der Waals surface area (Å²) in [5.41, 5.74) is 6.21. The van der Waals surface area contributed by atoms with E-state index in [0.717, 1.165) is 5.56 Å². The predicted octanol–water partition coefficient (Wildman–Crippen LogP) is 2.89. The lowest BCUT2D eigenvalue weighted by Gasteiger charge is -2.06. The molecule has 0 aliphatic heterocycles. The molecule has 0 unspecified atom stereocenters. The Labute approximate surface area is 113 Å². The van der Waals surface area contributed by atoms with Gasteiger partial charge in [-0.1, -0.05) is 17.7 Å². The summed E-state index contributed by atoms with van der Waals surface area (Å²) in [6.07, 6.45) is 1.57. The van der Waals surface area contributed by atoms with Crippen molar-refractivity contribution in [1.82, 2.24) is 4.98 Å². The lowest BCUT2D eigenvalue weighted by Crippen LogP contribution is -1.97. The molecule has 0 spiro atoms. The van der Waals surface area contributed by atoms with Gasteiger partial charge in [0.05, 0.1) is 16.0 Å². The molecule has 19 heavy (non-hydrogen) atoms. The van der Waals surface area contributed by atoms with Crippen LogP contribution in [0.15, 0.2) is 36.5 Å². The minimum Gasteiger partial charge on any atom is -0.437 e. The zero-order valence-corrected chi connectivity index (χ0v) is 10.5. The van der Waals surface area contributed by atoms with Gasteiger partial charge in [0.2, 0.25) is 5.88 Å². The van der Waals surface area contributed by atoms with E-state index in [4.69, 9.17) is 22.1 Å². The zero-order chi connectivity index (χ0) is 13.8. The number of pyridine rings is 1. The summed E-state index contributed by atoms with van der Waals surface area (Å²) in [7, 11) is 0. The van der Waals surface area contributed by atoms with Crippen molar-refractivity contribution in [1.29, 1.82) is 0 Å². The Kier molecular flexibility index (Phi) is 3.94. The second-order valence-electron chi connectivity index (χ2n) is 3.68. The maximum absolute atomic E-state index is 10.7. The number of rotatable bonds is 4. The number of ether oxygens (including phenoxy) is 1. The molecule has 2 aromatic rings. The van der Waals surface area contributed by atoms with Crippen LogP contribution in [0.1, 0.15) is 5.56 Å². The highest BCUT2D eigenvalue weighted by Gasteiger charge is 2.11. The number of nitro benzene ring substituents is 1. The van der Waals surface area contributed by atoms with Gasteiger partial charge in [-0.3, -0.25) is 10.1 Å². The van der Waals surface area contributed by atoms with E-state index < -0.39 is 4.92 Å². The fourth-order valence-corrected chi connectivity index (χ4v) is 1.54. The van der Waals surface area contributed by atoms with Crippen LogP contribution in [-0.4, -0.2) is 9.91 Å². The fourth-order valence-electron chi connectivity index (χ4n) is 1.39. The van der Waals surface area contributed by atoms with E-state index in [1.54, 1.807) is 18.3 Å². The smallest absolute Gasteiger partial charge is 0.273 e. The molecular formula is C12H10ClN3O3. The highest BCUT2D eigenvalue weighted by molar-refractivity contribution is 6.32. The van der Waals surface area contributed by atoms with Gasteiger partial charge in [-0.2, -0.15) is 0 Å². The third-order valence-electron chi connectivity index (χ3n) is 2.37. The van der Waals surface area contributed by atoms with Crippen LogP contribution < -0.4 is 10.5 Å². The van der Waals surface area contributed by atoms with Gasteiger partial charge in [-0.25, -0.2) is 4.98 Å². The van der Waals surface area contributed by atoms with Crippen LogP contribution in [-0.2, 0) is 6.54 Å². The Hall–Kier alpha value is -2.18. The predicted molar refractivity (Wildman–Crippen MR) is 70.3 cm³/mol. The normalized spacial score (nSPS) is 10.2. The molecule has 1 heterocycles. The molecule has 2 N–H and O–H groups in total. The lowest BCUT2D eigenvalue weighted by atomic mass is 10.3. The molecule has 0 aliphatic rings. The summed E-state index contributed by atoms with van der Waals surface area (Å²) in [5, 5.41) is 11.0. The molecule has 0 atom stereocenters. The number of halogens is 1. The summed E-state index contributed by atoms with van der Waals surface area (Å²) in [6, 6.07) is 7.34. The summed E-state index contributed by atoms with van der Waals surface area (Å²) >= 11 is 5.91. The number of nitrogens with zero attached hydrogens (tertiary/aromatic N) is 2. The summed E-state index contributed by atoms with van der Waals surface area (Å²) in [6.45, 7) is 0.380. The van der Waals surface area contributed by atoms with Gasteiger partial charge in [0, 0.05) is 24.9 Å². The Balaban J connectivity index is 2.26. The van der Waals surface area contributed by atoms with Gasteiger partial charge in [-0.15, -0.1) is 0 Å². The first kappa shape index (κ1) is 13.3. The molecule has 1 aromatic heterocycles. The van der Waals surface area contributed by atoms with Crippen molar-refractivity contribution in [2.24, 2.45) is 5.73 Å². The fraction of sp³-hybridized carbons (Fsp3) is 0.0833. The summed E-state index contributed by atoms with van der Waals surface area (Å²) in [5.74, 6) is 0.475. The van der Waals surface area contributed by atoms with Crippen molar-refractivity contribution in [3.63, 3.8) is 0 Å². The Morgan fingerprint density at radius 3 is 2.74 bits per heavy atom. The number of aromatic nitrogens is 1. The largest absolute Gasteiger partial charge is 0.437 e. The molecular weight excluding hydrogens is 270 g/mol. The van der Waals surface area contributed by atoms with E-state index >= 15 is 0 Å². The number of hydrogen-bond acceptors (Lipinski definition) is 5. The van der Waals surface area contributed by atoms with Gasteiger partial charge < -0.3 is 10.5 Å². The number of hydrogen-bond donors (Lipinski definition) is 1. The van der Waals surface area contributed by atoms with Crippen molar-refractivity contribution < 1.29 is 9.66 Å². The molecule has 0 aliphatic carbocycles. The third kappa shape index (κ3) is 3.18. The van der Waals surface area contributed by atoms with Crippen molar-refractivity contribution in [3.8, 4) is 11.6 Å². The number of benzene rings is 1. The molecule has 2 rings (SSSR count). The van der Waals surface area contributed by atoms with Gasteiger partial charge >= 0.3 is 0 Å². The number of non-ortho nitro benzene ring substituents is 1. The Bertz CT molecular complexity index is 602. The highest BCUT2D eigenvalue weighted by Crippen LogP contribution is 2.31. The van der Waals surface area contributed by atoms with Crippen LogP contribution in [0.5, 0.6) is 11.6 Å². The second-order valence-corrected chi connectivity index (χ2v) is 4.09. The van der Waals surface area contributed by atoms with Crippen LogP contribution in [0.4, 0.5) is 5.69 Å². The molecule has 0 bridgehead atoms. The average molecular weight is 280 g/mol. The minimum atomic E-state index is -0.520. The van der Waals surface area contributed by atoms with Crippen LogP contribution in [0.2, 0.25) is 5.02 Å². The first-order chi connectivity index (χ1) is 9.10. The molecule has 7 heteroatoms. The Morgan fingerprint density at radius 1 is 1.37 bits per heavy atom. The summed E-state index contributed by atoms with van der Waals surface area (Å²) in [4.78, 5) is 14.2. The van der Waals surface area contributed by atoms with Gasteiger partial charge in [0.25, 0.3) is 5.69 Å². The quantitative estimate of drug-likeness (QED) is 0.686. The molecule has 1 aromatic carbocycles. The third-order valence-corrected chi connectivity index (χ3v) is 2.69. The lowest BCUT2D eigenvalue weighted by molar-refractivity contribution is -0.384. The highest BCUT2D eigenvalue weighted by atomic mass is 35.5. The standard InChI is InChI=1S/C12H10ClN3O3/c13-10-3-2-9(16(17)18)5-11(10)19-12-4-1-8(6-14)7-15-12/h1-5,7H,6,14H2. The molecule has 0 fully saturated rings. The van der Waals surface area contributed by atoms with Crippen LogP contribution in [0.25, 0.3) is 0 Å². The van der Waals surface area contributed by atoms with E-state index in [0.29, 0.717) is 12.4 Å². The molecule has 98 valence electrons. The Morgan fingerprint density at radius 2 is 2.16 bits per heavy atom. The van der Waals surface area contributed by atoms with Gasteiger partial charge in [0.1, 0.15) is 0 Å². The van der Waals surface area contributed by atoms with Crippen LogP contribution >= 0.6 is 11.6 Å². The molecule has 0 amide bonds. The molecule has 6 nitrogen and oxygen atoms in total. The minimum absolute atomic E-state index is 0.0991. The van der Waals surface area contributed by atoms with Crippen LogP contribution in [0.3, 0.4) is 0 Å². The maximum atomic E-state index is 10.7. The zero-order valence-electron chi connectivity index (χ0n) is 9.75. The first-order valence-electron chi connectivity index (χ1n) is 5.37. The SMILES string of the molecule is NCc1ccc(Oc2cc([N+](=O)[O-])ccc2Cl)nc1.